The smallest absolute Gasteiger partial charge is 0.302 e. The summed E-state index contributed by atoms with van der Waals surface area (Å²) in [5.74, 6) is 3.29. The molecule has 0 aliphatic heterocycles. The van der Waals surface area contributed by atoms with Gasteiger partial charge in [0, 0.05) is 19.3 Å². The molecular formula is C30H46O3. The Morgan fingerprint density at radius 3 is 2.52 bits per heavy atom. The third-order valence-corrected chi connectivity index (χ3v) is 10.7. The molecule has 3 heteroatoms. The summed E-state index contributed by atoms with van der Waals surface area (Å²) < 4.78 is 5.54. The summed E-state index contributed by atoms with van der Waals surface area (Å²) in [6.07, 6.45) is 11.9. The molecule has 0 spiro atoms. The molecule has 3 fully saturated rings. The van der Waals surface area contributed by atoms with Crippen LogP contribution in [0.3, 0.4) is 0 Å². The van der Waals surface area contributed by atoms with Crippen LogP contribution in [0.5, 0.6) is 0 Å². The maximum absolute atomic E-state index is 13.6. The number of hydrogen-bond acceptors (Lipinski definition) is 3. The van der Waals surface area contributed by atoms with Crippen LogP contribution in [-0.2, 0) is 14.3 Å². The topological polar surface area (TPSA) is 43.4 Å². The van der Waals surface area contributed by atoms with Crippen LogP contribution in [0.1, 0.15) is 99.3 Å². The zero-order chi connectivity index (χ0) is 24.1. The Morgan fingerprint density at radius 1 is 1.12 bits per heavy atom. The van der Waals surface area contributed by atoms with Crippen LogP contribution in [0, 0.1) is 46.3 Å². The van der Waals surface area contributed by atoms with E-state index in [0.717, 1.165) is 32.1 Å². The number of carbonyl (C=O) groups is 2. The first-order valence-corrected chi connectivity index (χ1v) is 13.6. The zero-order valence-corrected chi connectivity index (χ0v) is 21.9. The molecule has 0 radical (unpaired) electrons. The number of fused-ring (bicyclic) bond motifs is 5. The van der Waals surface area contributed by atoms with Gasteiger partial charge in [0.1, 0.15) is 6.10 Å². The van der Waals surface area contributed by atoms with E-state index in [0.29, 0.717) is 35.4 Å². The van der Waals surface area contributed by atoms with Crippen molar-refractivity contribution in [1.29, 1.82) is 0 Å². The number of hydrogen-bond donors (Lipinski definition) is 0. The van der Waals surface area contributed by atoms with E-state index in [-0.39, 0.29) is 28.8 Å². The first kappa shape index (κ1) is 24.7. The second kappa shape index (κ2) is 9.00. The highest BCUT2D eigenvalue weighted by molar-refractivity contribution is 5.94. The van der Waals surface area contributed by atoms with Gasteiger partial charge in [0.2, 0.25) is 0 Å². The van der Waals surface area contributed by atoms with Crippen molar-refractivity contribution >= 4 is 11.8 Å². The van der Waals surface area contributed by atoms with Gasteiger partial charge in [0.15, 0.2) is 5.78 Å². The first-order valence-electron chi connectivity index (χ1n) is 13.6. The van der Waals surface area contributed by atoms with E-state index in [2.05, 4.69) is 41.2 Å². The maximum atomic E-state index is 13.6. The molecule has 184 valence electrons. The molecule has 3 nitrogen and oxygen atoms in total. The molecule has 0 saturated heterocycles. The van der Waals surface area contributed by atoms with Gasteiger partial charge in [-0.1, -0.05) is 52.3 Å². The van der Waals surface area contributed by atoms with Gasteiger partial charge in [-0.2, -0.15) is 0 Å². The second-order valence-corrected chi connectivity index (χ2v) is 12.8. The fraction of sp³-hybridized carbons (Fsp3) is 0.800. The van der Waals surface area contributed by atoms with Gasteiger partial charge in [-0.3, -0.25) is 9.59 Å². The predicted octanol–water partition coefficient (Wildman–Crippen LogP) is 7.30. The van der Waals surface area contributed by atoms with Gasteiger partial charge in [0.25, 0.3) is 0 Å². The minimum absolute atomic E-state index is 0.0580. The molecule has 0 aromatic heterocycles. The summed E-state index contributed by atoms with van der Waals surface area (Å²) in [6, 6.07) is 0. The largest absolute Gasteiger partial charge is 0.462 e. The van der Waals surface area contributed by atoms with Crippen LogP contribution < -0.4 is 0 Å². The molecule has 3 saturated carbocycles. The molecule has 0 bridgehead atoms. The fourth-order valence-corrected chi connectivity index (χ4v) is 8.58. The molecule has 0 amide bonds. The zero-order valence-electron chi connectivity index (χ0n) is 21.9. The van der Waals surface area contributed by atoms with Crippen LogP contribution in [0.2, 0.25) is 0 Å². The number of esters is 1. The highest BCUT2D eigenvalue weighted by Gasteiger charge is 2.61. The van der Waals surface area contributed by atoms with E-state index >= 15 is 0 Å². The summed E-state index contributed by atoms with van der Waals surface area (Å²) in [5, 5.41) is 0. The van der Waals surface area contributed by atoms with Gasteiger partial charge >= 0.3 is 5.97 Å². The third-order valence-electron chi connectivity index (χ3n) is 10.7. The molecule has 0 unspecified atom stereocenters. The lowest BCUT2D eigenvalue weighted by Crippen LogP contribution is -2.53. The quantitative estimate of drug-likeness (QED) is 0.312. The summed E-state index contributed by atoms with van der Waals surface area (Å²) in [5.41, 5.74) is 3.01. The van der Waals surface area contributed by atoms with Crippen molar-refractivity contribution in [1.82, 2.24) is 0 Å². The van der Waals surface area contributed by atoms with Crippen LogP contribution in [0.25, 0.3) is 0 Å². The highest BCUT2D eigenvalue weighted by Crippen LogP contribution is 2.66. The lowest BCUT2D eigenvalue weighted by atomic mass is 9.46. The minimum atomic E-state index is -0.208. The van der Waals surface area contributed by atoms with E-state index in [1.54, 1.807) is 0 Å². The lowest BCUT2D eigenvalue weighted by Gasteiger charge is -2.57. The van der Waals surface area contributed by atoms with Crippen molar-refractivity contribution in [3.8, 4) is 0 Å². The molecule has 0 N–H and O–H groups in total. The van der Waals surface area contributed by atoms with Crippen LogP contribution in [0.4, 0.5) is 0 Å². The molecule has 0 aromatic carbocycles. The summed E-state index contributed by atoms with van der Waals surface area (Å²) in [6.45, 7) is 17.7. The van der Waals surface area contributed by atoms with E-state index in [1.807, 2.05) is 6.08 Å². The molecule has 4 aliphatic carbocycles. The Bertz CT molecular complexity index is 837. The Kier molecular flexibility index (Phi) is 6.75. The summed E-state index contributed by atoms with van der Waals surface area (Å²) >= 11 is 0. The molecule has 0 heterocycles. The number of carbonyl (C=O) groups excluding carboxylic acids is 2. The van der Waals surface area contributed by atoms with E-state index < -0.39 is 0 Å². The molecule has 0 aromatic rings. The average molecular weight is 455 g/mol. The second-order valence-electron chi connectivity index (χ2n) is 12.8. The van der Waals surface area contributed by atoms with Crippen molar-refractivity contribution in [2.45, 2.75) is 105 Å². The maximum Gasteiger partial charge on any atom is 0.302 e. The SMILES string of the molecule is C=C(CC[C@@H](C)[C@H]1CC[C@H]2[C@@H]3C(=O)C=C4C[C@@H](OC(C)=O)CC[C@]4(C)[C@H]3CC[C@]12C)C(C)C. The number of ether oxygens (including phenoxy) is 1. The van der Waals surface area contributed by atoms with Gasteiger partial charge in [0.05, 0.1) is 0 Å². The Hall–Kier alpha value is -1.38. The normalized spacial score (nSPS) is 41.0. The number of ketones is 1. The van der Waals surface area contributed by atoms with E-state index in [1.165, 1.54) is 43.8 Å². The molecule has 4 rings (SSSR count). The highest BCUT2D eigenvalue weighted by atomic mass is 16.5. The van der Waals surface area contributed by atoms with Crippen molar-refractivity contribution in [2.24, 2.45) is 46.3 Å². The van der Waals surface area contributed by atoms with E-state index in [9.17, 15) is 9.59 Å². The van der Waals surface area contributed by atoms with Crippen LogP contribution in [-0.4, -0.2) is 17.9 Å². The molecule has 4 aliphatic rings. The average Bonchev–Trinajstić information content (AvgIpc) is 3.09. The monoisotopic (exact) mass is 454 g/mol. The fourth-order valence-electron chi connectivity index (χ4n) is 8.58. The van der Waals surface area contributed by atoms with Gasteiger partial charge in [-0.15, -0.1) is 0 Å². The van der Waals surface area contributed by atoms with Gasteiger partial charge < -0.3 is 4.74 Å². The Labute approximate surface area is 201 Å². The van der Waals surface area contributed by atoms with Gasteiger partial charge in [-0.25, -0.2) is 0 Å². The van der Waals surface area contributed by atoms with Crippen molar-refractivity contribution in [2.75, 3.05) is 0 Å². The Morgan fingerprint density at radius 2 is 1.85 bits per heavy atom. The van der Waals surface area contributed by atoms with Gasteiger partial charge in [-0.05, 0) is 97.9 Å². The predicted molar refractivity (Wildman–Crippen MR) is 134 cm³/mol. The molecule has 8 atom stereocenters. The first-order chi connectivity index (χ1) is 15.5. The standard InChI is InChI=1S/C30H46O3/c1-18(2)19(3)8-9-20(4)24-10-11-25-28-26(13-15-30(24,25)7)29(6)14-12-23(33-21(5)31)16-22(29)17-27(28)32/h17-18,20,23-26,28H,3,8-16H2,1-2,4-7H3/t20-,23+,24-,25+,26+,28+,29+,30-/m1/s1. The van der Waals surface area contributed by atoms with Crippen LogP contribution >= 0.6 is 0 Å². The lowest BCUT2D eigenvalue weighted by molar-refractivity contribution is -0.149. The van der Waals surface area contributed by atoms with Crippen molar-refractivity contribution in [3.05, 3.63) is 23.8 Å². The number of allylic oxidation sites excluding steroid dienone is 2. The summed E-state index contributed by atoms with van der Waals surface area (Å²) in [4.78, 5) is 25.1. The Balaban J connectivity index is 1.52. The minimum Gasteiger partial charge on any atom is -0.462 e. The number of rotatable bonds is 6. The third kappa shape index (κ3) is 4.27. The molecular weight excluding hydrogens is 408 g/mol. The van der Waals surface area contributed by atoms with Crippen molar-refractivity contribution < 1.29 is 14.3 Å². The molecule has 33 heavy (non-hydrogen) atoms. The van der Waals surface area contributed by atoms with E-state index in [4.69, 9.17) is 4.74 Å². The summed E-state index contributed by atoms with van der Waals surface area (Å²) in [7, 11) is 0. The van der Waals surface area contributed by atoms with Crippen LogP contribution in [0.15, 0.2) is 23.8 Å². The van der Waals surface area contributed by atoms with Crippen molar-refractivity contribution in [3.63, 3.8) is 0 Å².